The number of nitrogens with one attached hydrogen (secondary N) is 1. The molecule has 114 valence electrons. The van der Waals surface area contributed by atoms with E-state index >= 15 is 0 Å². The Bertz CT molecular complexity index is 392. The van der Waals surface area contributed by atoms with Crippen molar-refractivity contribution in [2.75, 3.05) is 19.8 Å². The van der Waals surface area contributed by atoms with Crippen molar-refractivity contribution in [3.8, 4) is 0 Å². The van der Waals surface area contributed by atoms with Crippen LogP contribution in [-0.4, -0.2) is 48.3 Å². The molecule has 5 nitrogen and oxygen atoms in total. The minimum atomic E-state index is -4.34. The lowest BCUT2D eigenvalue weighted by Gasteiger charge is -2.31. The maximum atomic E-state index is 11.9. The molecule has 3 amide bonds. The molecular weight excluding hydrogens is 277 g/mol. The van der Waals surface area contributed by atoms with Crippen LogP contribution in [0.5, 0.6) is 0 Å². The summed E-state index contributed by atoms with van der Waals surface area (Å²) < 4.78 is 40.2. The highest BCUT2D eigenvalue weighted by Crippen LogP contribution is 2.38. The molecule has 1 saturated heterocycles. The summed E-state index contributed by atoms with van der Waals surface area (Å²) in [7, 11) is 0. The van der Waals surface area contributed by atoms with Gasteiger partial charge in [-0.05, 0) is 19.3 Å². The largest absolute Gasteiger partial charge is 0.411 e. The smallest absolute Gasteiger partial charge is 0.372 e. The Morgan fingerprint density at radius 1 is 1.25 bits per heavy atom. The second kappa shape index (κ2) is 5.59. The van der Waals surface area contributed by atoms with Crippen LogP contribution < -0.4 is 5.32 Å². The SMILES string of the molecule is O=C1NC(=O)C2(CCCC2)N1CCCOCC(F)(F)F. The first-order valence-corrected chi connectivity index (χ1v) is 6.63. The summed E-state index contributed by atoms with van der Waals surface area (Å²) in [6.07, 6.45) is -1.07. The highest BCUT2D eigenvalue weighted by molar-refractivity contribution is 6.07. The molecular formula is C12H17F3N2O3. The van der Waals surface area contributed by atoms with Gasteiger partial charge in [0.2, 0.25) is 0 Å². The second-order valence-corrected chi connectivity index (χ2v) is 5.17. The average molecular weight is 294 g/mol. The third-order valence-corrected chi connectivity index (χ3v) is 3.77. The van der Waals surface area contributed by atoms with Crippen LogP contribution in [0.15, 0.2) is 0 Å². The van der Waals surface area contributed by atoms with Crippen molar-refractivity contribution in [3.05, 3.63) is 0 Å². The van der Waals surface area contributed by atoms with Crippen LogP contribution in [0, 0.1) is 0 Å². The molecule has 1 aliphatic carbocycles. The van der Waals surface area contributed by atoms with Gasteiger partial charge in [0.25, 0.3) is 5.91 Å². The Kier molecular flexibility index (Phi) is 4.22. The highest BCUT2D eigenvalue weighted by atomic mass is 19.4. The van der Waals surface area contributed by atoms with E-state index in [-0.39, 0.29) is 25.5 Å². The zero-order valence-electron chi connectivity index (χ0n) is 11.0. The number of urea groups is 1. The van der Waals surface area contributed by atoms with E-state index in [1.54, 1.807) is 0 Å². The van der Waals surface area contributed by atoms with Gasteiger partial charge >= 0.3 is 12.2 Å². The van der Waals surface area contributed by atoms with Gasteiger partial charge in [0.1, 0.15) is 12.1 Å². The van der Waals surface area contributed by atoms with Gasteiger partial charge in [0, 0.05) is 13.2 Å². The third-order valence-electron chi connectivity index (χ3n) is 3.77. The fourth-order valence-electron chi connectivity index (χ4n) is 2.88. The van der Waals surface area contributed by atoms with Crippen LogP contribution >= 0.6 is 0 Å². The van der Waals surface area contributed by atoms with Crippen LogP contribution in [0.2, 0.25) is 0 Å². The molecule has 1 heterocycles. The maximum absolute atomic E-state index is 11.9. The number of carbonyl (C=O) groups is 2. The number of hydrogen-bond acceptors (Lipinski definition) is 3. The second-order valence-electron chi connectivity index (χ2n) is 5.17. The number of hydrogen-bond donors (Lipinski definition) is 1. The number of ether oxygens (including phenoxy) is 1. The summed E-state index contributed by atoms with van der Waals surface area (Å²) >= 11 is 0. The van der Waals surface area contributed by atoms with Crippen LogP contribution in [0.1, 0.15) is 32.1 Å². The lowest BCUT2D eigenvalue weighted by atomic mass is 9.96. The van der Waals surface area contributed by atoms with Gasteiger partial charge in [-0.3, -0.25) is 10.1 Å². The molecule has 20 heavy (non-hydrogen) atoms. The molecule has 0 unspecified atom stereocenters. The molecule has 0 aromatic carbocycles. The number of amides is 3. The van der Waals surface area contributed by atoms with E-state index < -0.39 is 24.4 Å². The Morgan fingerprint density at radius 3 is 2.50 bits per heavy atom. The Morgan fingerprint density at radius 2 is 1.90 bits per heavy atom. The molecule has 2 rings (SSSR count). The molecule has 1 spiro atoms. The van der Waals surface area contributed by atoms with Gasteiger partial charge in [-0.2, -0.15) is 13.2 Å². The minimum Gasteiger partial charge on any atom is -0.372 e. The van der Waals surface area contributed by atoms with Gasteiger partial charge in [-0.25, -0.2) is 4.79 Å². The summed E-state index contributed by atoms with van der Waals surface area (Å²) in [5, 5.41) is 2.29. The number of imide groups is 1. The molecule has 0 radical (unpaired) electrons. The van der Waals surface area contributed by atoms with Gasteiger partial charge in [-0.1, -0.05) is 12.8 Å². The van der Waals surface area contributed by atoms with Crippen molar-refractivity contribution >= 4 is 11.9 Å². The summed E-state index contributed by atoms with van der Waals surface area (Å²) in [5.41, 5.74) is -0.777. The first-order chi connectivity index (χ1) is 9.35. The van der Waals surface area contributed by atoms with Crippen LogP contribution in [0.4, 0.5) is 18.0 Å². The van der Waals surface area contributed by atoms with Gasteiger partial charge < -0.3 is 9.64 Å². The van der Waals surface area contributed by atoms with Crippen molar-refractivity contribution in [2.24, 2.45) is 0 Å². The quantitative estimate of drug-likeness (QED) is 0.621. The topological polar surface area (TPSA) is 58.6 Å². The van der Waals surface area contributed by atoms with Crippen molar-refractivity contribution < 1.29 is 27.5 Å². The third kappa shape index (κ3) is 3.05. The van der Waals surface area contributed by atoms with E-state index in [1.807, 2.05) is 0 Å². The zero-order chi connectivity index (χ0) is 14.8. The fourth-order valence-corrected chi connectivity index (χ4v) is 2.88. The molecule has 2 fully saturated rings. The van der Waals surface area contributed by atoms with Crippen molar-refractivity contribution in [3.63, 3.8) is 0 Å². The van der Waals surface area contributed by atoms with Crippen LogP contribution in [-0.2, 0) is 9.53 Å². The lowest BCUT2D eigenvalue weighted by molar-refractivity contribution is -0.174. The van der Waals surface area contributed by atoms with Crippen molar-refractivity contribution in [1.29, 1.82) is 0 Å². The molecule has 0 aromatic heterocycles. The van der Waals surface area contributed by atoms with E-state index in [9.17, 15) is 22.8 Å². The van der Waals surface area contributed by atoms with Crippen molar-refractivity contribution in [2.45, 2.75) is 43.8 Å². The molecule has 0 bridgehead atoms. The number of rotatable bonds is 5. The van der Waals surface area contributed by atoms with Gasteiger partial charge in [-0.15, -0.1) is 0 Å². The van der Waals surface area contributed by atoms with Crippen LogP contribution in [0.25, 0.3) is 0 Å². The summed E-state index contributed by atoms with van der Waals surface area (Å²) in [4.78, 5) is 25.1. The molecule has 8 heteroatoms. The van der Waals surface area contributed by atoms with Gasteiger partial charge in [0.05, 0.1) is 0 Å². The number of nitrogens with zero attached hydrogens (tertiary/aromatic N) is 1. The zero-order valence-corrected chi connectivity index (χ0v) is 11.0. The molecule has 1 aliphatic heterocycles. The Hall–Kier alpha value is -1.31. The predicted molar refractivity (Wildman–Crippen MR) is 62.9 cm³/mol. The van der Waals surface area contributed by atoms with Crippen molar-refractivity contribution in [1.82, 2.24) is 10.2 Å². The Balaban J connectivity index is 1.82. The number of alkyl halides is 3. The molecule has 0 atom stereocenters. The molecule has 1 saturated carbocycles. The lowest BCUT2D eigenvalue weighted by Crippen LogP contribution is -2.47. The van der Waals surface area contributed by atoms with E-state index in [1.165, 1.54) is 4.90 Å². The standard InChI is InChI=1S/C12H17F3N2O3/c13-12(14,15)8-20-7-3-6-17-10(19)16-9(18)11(17)4-1-2-5-11/h1-8H2,(H,16,18,19). The summed E-state index contributed by atoms with van der Waals surface area (Å²) in [6.45, 7) is -1.15. The van der Waals surface area contributed by atoms with Crippen LogP contribution in [0.3, 0.4) is 0 Å². The first kappa shape index (κ1) is 15.1. The summed E-state index contributed by atoms with van der Waals surface area (Å²) in [6, 6.07) is -0.451. The molecule has 1 N–H and O–H groups in total. The maximum Gasteiger partial charge on any atom is 0.411 e. The summed E-state index contributed by atoms with van der Waals surface area (Å²) in [5.74, 6) is -0.281. The predicted octanol–water partition coefficient (Wildman–Crippen LogP) is 1.82. The average Bonchev–Trinajstić information content (AvgIpc) is 2.89. The monoisotopic (exact) mass is 294 g/mol. The van der Waals surface area contributed by atoms with E-state index in [0.29, 0.717) is 12.8 Å². The number of halogens is 3. The molecule has 2 aliphatic rings. The number of carbonyl (C=O) groups excluding carboxylic acids is 2. The fraction of sp³-hybridized carbons (Fsp3) is 0.833. The van der Waals surface area contributed by atoms with E-state index in [2.05, 4.69) is 10.1 Å². The van der Waals surface area contributed by atoms with E-state index in [0.717, 1.165) is 12.8 Å². The Labute approximate surface area is 114 Å². The van der Waals surface area contributed by atoms with E-state index in [4.69, 9.17) is 0 Å². The first-order valence-electron chi connectivity index (χ1n) is 6.63. The molecule has 0 aromatic rings. The minimum absolute atomic E-state index is 0.0897. The highest BCUT2D eigenvalue weighted by Gasteiger charge is 2.53. The normalized spacial score (nSPS) is 21.9. The van der Waals surface area contributed by atoms with Gasteiger partial charge in [0.15, 0.2) is 0 Å².